The normalized spacial score (nSPS) is 13.7. The SMILES string of the molecule is CC/C(=C\C(CNC(=O)c1cccnc1)=N\O)C(C(C)C)[N+](=O)[O-]. The van der Waals surface area contributed by atoms with E-state index in [0.717, 1.165) is 0 Å². The summed E-state index contributed by atoms with van der Waals surface area (Å²) < 4.78 is 0. The summed E-state index contributed by atoms with van der Waals surface area (Å²) in [5, 5.41) is 26.1. The lowest BCUT2D eigenvalue weighted by atomic mass is 9.93. The van der Waals surface area contributed by atoms with Crippen LogP contribution in [0.5, 0.6) is 0 Å². The Morgan fingerprint density at radius 2 is 2.25 bits per heavy atom. The molecule has 0 saturated carbocycles. The van der Waals surface area contributed by atoms with Crippen LogP contribution in [-0.4, -0.2) is 39.3 Å². The number of hydrogen-bond acceptors (Lipinski definition) is 6. The smallest absolute Gasteiger partial charge is 0.253 e. The van der Waals surface area contributed by atoms with Crippen LogP contribution in [-0.2, 0) is 0 Å². The Bertz CT molecular complexity index is 626. The van der Waals surface area contributed by atoms with Gasteiger partial charge in [0.15, 0.2) is 0 Å². The molecule has 130 valence electrons. The predicted octanol–water partition coefficient (Wildman–Crippen LogP) is 2.28. The first kappa shape index (κ1) is 19.3. The third-order valence-electron chi connectivity index (χ3n) is 3.48. The van der Waals surface area contributed by atoms with Crippen LogP contribution in [0.25, 0.3) is 0 Å². The maximum absolute atomic E-state index is 12.0. The van der Waals surface area contributed by atoms with Gasteiger partial charge in [-0.15, -0.1) is 0 Å². The Labute approximate surface area is 140 Å². The number of nitrogens with zero attached hydrogens (tertiary/aromatic N) is 3. The molecule has 2 N–H and O–H groups in total. The van der Waals surface area contributed by atoms with Crippen molar-refractivity contribution in [3.63, 3.8) is 0 Å². The van der Waals surface area contributed by atoms with Gasteiger partial charge in [-0.05, 0) is 24.6 Å². The van der Waals surface area contributed by atoms with Crippen LogP contribution < -0.4 is 5.32 Å². The van der Waals surface area contributed by atoms with Crippen LogP contribution >= 0.6 is 0 Å². The summed E-state index contributed by atoms with van der Waals surface area (Å²) in [7, 11) is 0. The molecule has 0 radical (unpaired) electrons. The van der Waals surface area contributed by atoms with Crippen molar-refractivity contribution in [3.05, 3.63) is 51.9 Å². The molecule has 1 amide bonds. The Morgan fingerprint density at radius 1 is 1.54 bits per heavy atom. The van der Waals surface area contributed by atoms with E-state index >= 15 is 0 Å². The largest absolute Gasteiger partial charge is 0.411 e. The van der Waals surface area contributed by atoms with Gasteiger partial charge in [-0.25, -0.2) is 0 Å². The average Bonchev–Trinajstić information content (AvgIpc) is 2.57. The number of pyridine rings is 1. The van der Waals surface area contributed by atoms with Crippen molar-refractivity contribution in [3.8, 4) is 0 Å². The first-order valence-corrected chi connectivity index (χ1v) is 7.63. The lowest BCUT2D eigenvalue weighted by molar-refractivity contribution is -0.520. The highest BCUT2D eigenvalue weighted by Crippen LogP contribution is 2.18. The summed E-state index contributed by atoms with van der Waals surface area (Å²) in [6, 6.07) is 2.38. The van der Waals surface area contributed by atoms with Gasteiger partial charge in [0.1, 0.15) is 0 Å². The fourth-order valence-corrected chi connectivity index (χ4v) is 2.30. The topological polar surface area (TPSA) is 118 Å². The summed E-state index contributed by atoms with van der Waals surface area (Å²) in [4.78, 5) is 26.7. The van der Waals surface area contributed by atoms with Gasteiger partial charge in [0.2, 0.25) is 6.04 Å². The van der Waals surface area contributed by atoms with Crippen molar-refractivity contribution in [2.45, 2.75) is 33.2 Å². The van der Waals surface area contributed by atoms with Crippen molar-refractivity contribution >= 4 is 11.6 Å². The highest BCUT2D eigenvalue weighted by molar-refractivity contribution is 6.01. The van der Waals surface area contributed by atoms with Crippen molar-refractivity contribution < 1.29 is 14.9 Å². The van der Waals surface area contributed by atoms with Crippen molar-refractivity contribution in [1.82, 2.24) is 10.3 Å². The Morgan fingerprint density at radius 3 is 2.71 bits per heavy atom. The minimum atomic E-state index is -0.860. The lowest BCUT2D eigenvalue weighted by Gasteiger charge is -2.16. The molecule has 8 heteroatoms. The zero-order chi connectivity index (χ0) is 18.1. The van der Waals surface area contributed by atoms with E-state index in [4.69, 9.17) is 5.21 Å². The van der Waals surface area contributed by atoms with Crippen molar-refractivity contribution in [2.24, 2.45) is 11.1 Å². The molecule has 0 fully saturated rings. The number of carbonyl (C=O) groups is 1. The Hall–Kier alpha value is -2.77. The molecule has 0 aliphatic heterocycles. The van der Waals surface area contributed by atoms with Crippen LogP contribution in [0, 0.1) is 16.0 Å². The van der Waals surface area contributed by atoms with Crippen LogP contribution in [0.4, 0.5) is 0 Å². The van der Waals surface area contributed by atoms with Crippen LogP contribution in [0.1, 0.15) is 37.6 Å². The van der Waals surface area contributed by atoms with E-state index in [1.165, 1.54) is 12.3 Å². The number of amides is 1. The highest BCUT2D eigenvalue weighted by atomic mass is 16.6. The highest BCUT2D eigenvalue weighted by Gasteiger charge is 2.28. The van der Waals surface area contributed by atoms with Gasteiger partial charge >= 0.3 is 0 Å². The zero-order valence-electron chi connectivity index (χ0n) is 14.0. The second-order valence-electron chi connectivity index (χ2n) is 5.56. The van der Waals surface area contributed by atoms with Gasteiger partial charge in [0, 0.05) is 28.8 Å². The number of carbonyl (C=O) groups excluding carboxylic acids is 1. The van der Waals surface area contributed by atoms with E-state index < -0.39 is 6.04 Å². The number of hydrogen-bond donors (Lipinski definition) is 2. The minimum Gasteiger partial charge on any atom is -0.411 e. The molecule has 1 unspecified atom stereocenters. The summed E-state index contributed by atoms with van der Waals surface area (Å²) in [5.41, 5.74) is 1.06. The minimum absolute atomic E-state index is 0.0454. The van der Waals surface area contributed by atoms with Gasteiger partial charge in [-0.1, -0.05) is 25.9 Å². The molecule has 0 aliphatic rings. The summed E-state index contributed by atoms with van der Waals surface area (Å²) in [6.45, 7) is 5.28. The molecule has 0 saturated heterocycles. The fraction of sp³-hybridized carbons (Fsp3) is 0.438. The van der Waals surface area contributed by atoms with E-state index in [0.29, 0.717) is 17.6 Å². The second-order valence-corrected chi connectivity index (χ2v) is 5.56. The summed E-state index contributed by atoms with van der Waals surface area (Å²) in [6.07, 6.45) is 4.88. The lowest BCUT2D eigenvalue weighted by Crippen LogP contribution is -2.31. The molecule has 0 aliphatic carbocycles. The van der Waals surface area contributed by atoms with Crippen LogP contribution in [0.15, 0.2) is 41.3 Å². The Kier molecular flexibility index (Phi) is 7.54. The third kappa shape index (κ3) is 5.45. The molecule has 0 spiro atoms. The summed E-state index contributed by atoms with van der Waals surface area (Å²) in [5.74, 6) is -0.568. The average molecular weight is 334 g/mol. The van der Waals surface area contributed by atoms with Gasteiger partial charge < -0.3 is 10.5 Å². The molecule has 1 atom stereocenters. The first-order chi connectivity index (χ1) is 11.4. The number of oxime groups is 1. The number of nitro groups is 1. The molecule has 1 rings (SSSR count). The first-order valence-electron chi connectivity index (χ1n) is 7.63. The molecule has 0 bridgehead atoms. The molecule has 1 aromatic heterocycles. The predicted molar refractivity (Wildman–Crippen MR) is 89.8 cm³/mol. The maximum atomic E-state index is 12.0. The third-order valence-corrected chi connectivity index (χ3v) is 3.48. The van der Waals surface area contributed by atoms with Gasteiger partial charge in [0.25, 0.3) is 5.91 Å². The monoisotopic (exact) mass is 334 g/mol. The van der Waals surface area contributed by atoms with E-state index in [1.807, 2.05) is 0 Å². The van der Waals surface area contributed by atoms with Gasteiger partial charge in [0.05, 0.1) is 17.8 Å². The van der Waals surface area contributed by atoms with Gasteiger partial charge in [-0.3, -0.25) is 19.9 Å². The number of aromatic nitrogens is 1. The standard InChI is InChI=1S/C16H22N4O4/c1-4-12(15(11(2)3)20(23)24)8-14(19-22)10-18-16(21)13-6-5-7-17-9-13/h5-9,11,15,22H,4,10H2,1-3H3,(H,18,21)/b12-8+,19-14-. The van der Waals surface area contributed by atoms with Crippen LogP contribution in [0.2, 0.25) is 0 Å². The zero-order valence-corrected chi connectivity index (χ0v) is 14.0. The molecule has 0 aromatic carbocycles. The molecular weight excluding hydrogens is 312 g/mol. The van der Waals surface area contributed by atoms with Gasteiger partial charge in [-0.2, -0.15) is 0 Å². The van der Waals surface area contributed by atoms with E-state index in [-0.39, 0.29) is 29.0 Å². The van der Waals surface area contributed by atoms with Crippen molar-refractivity contribution in [1.29, 1.82) is 0 Å². The maximum Gasteiger partial charge on any atom is 0.253 e. The van der Waals surface area contributed by atoms with Crippen LogP contribution in [0.3, 0.4) is 0 Å². The molecule has 1 heterocycles. The summed E-state index contributed by atoms with van der Waals surface area (Å²) >= 11 is 0. The van der Waals surface area contributed by atoms with E-state index in [2.05, 4.69) is 15.5 Å². The Balaban J connectivity index is 2.85. The molecule has 1 aromatic rings. The van der Waals surface area contributed by atoms with Crippen molar-refractivity contribution in [2.75, 3.05) is 6.54 Å². The molecule has 8 nitrogen and oxygen atoms in total. The van der Waals surface area contributed by atoms with E-state index in [9.17, 15) is 14.9 Å². The number of nitrogens with one attached hydrogen (secondary N) is 1. The quantitative estimate of drug-likeness (QED) is 0.327. The van der Waals surface area contributed by atoms with E-state index in [1.54, 1.807) is 39.1 Å². The fourth-order valence-electron chi connectivity index (χ4n) is 2.30. The molecular formula is C16H22N4O4. The molecule has 24 heavy (non-hydrogen) atoms. The number of rotatable bonds is 8. The second kappa shape index (κ2) is 9.39.